The van der Waals surface area contributed by atoms with Gasteiger partial charge >= 0.3 is 0 Å². The molecule has 4 rings (SSSR count). The van der Waals surface area contributed by atoms with Gasteiger partial charge in [-0.25, -0.2) is 0 Å². The molecule has 0 aromatic heterocycles. The van der Waals surface area contributed by atoms with E-state index in [0.29, 0.717) is 23.5 Å². The Labute approximate surface area is 120 Å². The van der Waals surface area contributed by atoms with Gasteiger partial charge in [0.25, 0.3) is 0 Å². The summed E-state index contributed by atoms with van der Waals surface area (Å²) in [4.78, 5) is 0. The van der Waals surface area contributed by atoms with Crippen LogP contribution in [0.3, 0.4) is 0 Å². The van der Waals surface area contributed by atoms with Gasteiger partial charge in [-0.15, -0.1) is 0 Å². The first-order valence-electron chi connectivity index (χ1n) is 7.78. The van der Waals surface area contributed by atoms with Crippen molar-refractivity contribution in [2.45, 2.75) is 44.6 Å². The van der Waals surface area contributed by atoms with Crippen molar-refractivity contribution in [3.05, 3.63) is 41.5 Å². The van der Waals surface area contributed by atoms with E-state index in [9.17, 15) is 10.2 Å². The second kappa shape index (κ2) is 4.11. The quantitative estimate of drug-likeness (QED) is 0.709. The van der Waals surface area contributed by atoms with E-state index in [1.54, 1.807) is 0 Å². The predicted molar refractivity (Wildman–Crippen MR) is 78.6 cm³/mol. The molecular formula is C18H22O2. The fraction of sp³-hybridized carbons (Fsp3) is 0.556. The minimum atomic E-state index is -0.269. The standard InChI is InChI=1S/C18H22O2/c1-18-9-8-14-13-5-3-12(19)10-11(13)2-4-15(14)16(18)6-7-17(18)20/h3,5-7,10,14-17,19-20H,2,4,8-9H2,1H3/t14?,15?,16?,17?,18-/m0/s1. The molecule has 0 radical (unpaired) electrons. The Morgan fingerprint density at radius 1 is 1.20 bits per heavy atom. The summed E-state index contributed by atoms with van der Waals surface area (Å²) in [5.41, 5.74) is 2.82. The molecule has 2 N–H and O–H groups in total. The Bertz CT molecular complexity index is 577. The van der Waals surface area contributed by atoms with Gasteiger partial charge in [-0.2, -0.15) is 0 Å². The molecule has 0 aliphatic heterocycles. The van der Waals surface area contributed by atoms with Crippen LogP contribution in [0.5, 0.6) is 5.75 Å². The van der Waals surface area contributed by atoms with Gasteiger partial charge < -0.3 is 10.2 Å². The molecule has 1 aromatic carbocycles. The smallest absolute Gasteiger partial charge is 0.115 e. The van der Waals surface area contributed by atoms with Crippen molar-refractivity contribution in [2.24, 2.45) is 17.3 Å². The highest BCUT2D eigenvalue weighted by atomic mass is 16.3. The van der Waals surface area contributed by atoms with Crippen molar-refractivity contribution >= 4 is 0 Å². The molecule has 20 heavy (non-hydrogen) atoms. The Morgan fingerprint density at radius 3 is 2.90 bits per heavy atom. The zero-order valence-electron chi connectivity index (χ0n) is 11.9. The first-order chi connectivity index (χ1) is 9.59. The largest absolute Gasteiger partial charge is 0.508 e. The van der Waals surface area contributed by atoms with E-state index < -0.39 is 0 Å². The van der Waals surface area contributed by atoms with Crippen molar-refractivity contribution in [3.8, 4) is 5.75 Å². The van der Waals surface area contributed by atoms with Gasteiger partial charge in [-0.1, -0.05) is 25.1 Å². The zero-order chi connectivity index (χ0) is 13.9. The molecule has 0 bridgehead atoms. The molecule has 3 aliphatic carbocycles. The molecule has 1 saturated carbocycles. The topological polar surface area (TPSA) is 40.5 Å². The molecule has 0 saturated heterocycles. The summed E-state index contributed by atoms with van der Waals surface area (Å²) in [5, 5.41) is 20.0. The molecule has 5 atom stereocenters. The molecular weight excluding hydrogens is 248 g/mol. The average molecular weight is 270 g/mol. The van der Waals surface area contributed by atoms with Crippen molar-refractivity contribution in [2.75, 3.05) is 0 Å². The van der Waals surface area contributed by atoms with Crippen LogP contribution in [0.25, 0.3) is 0 Å². The van der Waals surface area contributed by atoms with Crippen LogP contribution in [-0.2, 0) is 6.42 Å². The minimum absolute atomic E-state index is 0.0512. The van der Waals surface area contributed by atoms with E-state index in [-0.39, 0.29) is 11.5 Å². The number of allylic oxidation sites excluding steroid dienone is 1. The summed E-state index contributed by atoms with van der Waals surface area (Å²) < 4.78 is 0. The van der Waals surface area contributed by atoms with Crippen molar-refractivity contribution in [1.29, 1.82) is 0 Å². The Kier molecular flexibility index (Phi) is 2.56. The minimum Gasteiger partial charge on any atom is -0.508 e. The van der Waals surface area contributed by atoms with E-state index in [1.807, 2.05) is 18.2 Å². The predicted octanol–water partition coefficient (Wildman–Crippen LogP) is 3.39. The normalized spacial score (nSPS) is 41.9. The Balaban J connectivity index is 1.73. The lowest BCUT2D eigenvalue weighted by Gasteiger charge is -2.50. The Hall–Kier alpha value is -1.28. The summed E-state index contributed by atoms with van der Waals surface area (Å²) in [6, 6.07) is 5.90. The number of aliphatic hydroxyl groups excluding tert-OH is 1. The number of hydrogen-bond acceptors (Lipinski definition) is 2. The highest BCUT2D eigenvalue weighted by Gasteiger charge is 2.52. The summed E-state index contributed by atoms with van der Waals surface area (Å²) in [6.45, 7) is 2.25. The van der Waals surface area contributed by atoms with E-state index in [4.69, 9.17) is 0 Å². The lowest BCUT2D eigenvalue weighted by atomic mass is 9.55. The maximum atomic E-state index is 10.3. The van der Waals surface area contributed by atoms with Gasteiger partial charge in [0, 0.05) is 5.41 Å². The molecule has 1 aromatic rings. The maximum absolute atomic E-state index is 10.3. The molecule has 3 aliphatic rings. The van der Waals surface area contributed by atoms with Crippen molar-refractivity contribution in [1.82, 2.24) is 0 Å². The first kappa shape index (κ1) is 12.5. The molecule has 0 spiro atoms. The third-order valence-electron chi connectivity index (χ3n) is 6.18. The monoisotopic (exact) mass is 270 g/mol. The number of fused-ring (bicyclic) bond motifs is 5. The van der Waals surface area contributed by atoms with Crippen molar-refractivity contribution in [3.63, 3.8) is 0 Å². The van der Waals surface area contributed by atoms with Crippen LogP contribution in [-0.4, -0.2) is 16.3 Å². The number of benzene rings is 1. The number of rotatable bonds is 0. The van der Waals surface area contributed by atoms with Crippen LogP contribution in [0.2, 0.25) is 0 Å². The molecule has 4 unspecified atom stereocenters. The molecule has 0 heterocycles. The molecule has 2 heteroatoms. The molecule has 1 fully saturated rings. The SMILES string of the molecule is C[C@]12CCC3c4ccc(O)cc4CCC3C1C=CC2O. The van der Waals surface area contributed by atoms with E-state index >= 15 is 0 Å². The van der Waals surface area contributed by atoms with Crippen LogP contribution < -0.4 is 0 Å². The number of phenols is 1. The summed E-state index contributed by atoms with van der Waals surface area (Å²) >= 11 is 0. The Morgan fingerprint density at radius 2 is 2.05 bits per heavy atom. The number of hydrogen-bond donors (Lipinski definition) is 2. The van der Waals surface area contributed by atoms with Crippen LogP contribution in [0, 0.1) is 17.3 Å². The molecule has 0 amide bonds. The van der Waals surface area contributed by atoms with Crippen LogP contribution in [0.1, 0.15) is 43.2 Å². The number of aliphatic hydroxyl groups is 1. The average Bonchev–Trinajstić information content (AvgIpc) is 2.74. The third kappa shape index (κ3) is 1.54. The third-order valence-corrected chi connectivity index (χ3v) is 6.18. The van der Waals surface area contributed by atoms with E-state index in [0.717, 1.165) is 19.3 Å². The number of phenolic OH excluding ortho intramolecular Hbond substituents is 1. The number of aromatic hydroxyl groups is 1. The van der Waals surface area contributed by atoms with Crippen molar-refractivity contribution < 1.29 is 10.2 Å². The van der Waals surface area contributed by atoms with Gasteiger partial charge in [-0.05, 0) is 66.7 Å². The van der Waals surface area contributed by atoms with E-state index in [1.165, 1.54) is 17.5 Å². The van der Waals surface area contributed by atoms with Crippen LogP contribution >= 0.6 is 0 Å². The van der Waals surface area contributed by atoms with E-state index in [2.05, 4.69) is 19.1 Å². The lowest BCUT2D eigenvalue weighted by molar-refractivity contribution is -0.0101. The molecule has 2 nitrogen and oxygen atoms in total. The van der Waals surface area contributed by atoms with Crippen LogP contribution in [0.15, 0.2) is 30.4 Å². The summed E-state index contributed by atoms with van der Waals surface area (Å²) in [6.07, 6.45) is 8.50. The zero-order valence-corrected chi connectivity index (χ0v) is 11.9. The van der Waals surface area contributed by atoms with Gasteiger partial charge in [0.15, 0.2) is 0 Å². The van der Waals surface area contributed by atoms with Gasteiger partial charge in [0.05, 0.1) is 6.10 Å². The highest BCUT2D eigenvalue weighted by Crippen LogP contribution is 2.58. The first-order valence-corrected chi connectivity index (χ1v) is 7.78. The highest BCUT2D eigenvalue weighted by molar-refractivity contribution is 5.40. The van der Waals surface area contributed by atoms with Gasteiger partial charge in [0.1, 0.15) is 5.75 Å². The summed E-state index contributed by atoms with van der Waals surface area (Å²) in [7, 11) is 0. The summed E-state index contributed by atoms with van der Waals surface area (Å²) in [5.74, 6) is 2.16. The lowest BCUT2D eigenvalue weighted by Crippen LogP contribution is -2.44. The second-order valence-corrected chi connectivity index (χ2v) is 7.09. The maximum Gasteiger partial charge on any atom is 0.115 e. The van der Waals surface area contributed by atoms with Crippen LogP contribution in [0.4, 0.5) is 0 Å². The fourth-order valence-electron chi connectivity index (χ4n) is 5.00. The van der Waals surface area contributed by atoms with Gasteiger partial charge in [0.2, 0.25) is 0 Å². The number of aryl methyl sites for hydroxylation is 1. The van der Waals surface area contributed by atoms with Gasteiger partial charge in [-0.3, -0.25) is 0 Å². The molecule has 106 valence electrons. The fourth-order valence-corrected chi connectivity index (χ4v) is 5.00. The second-order valence-electron chi connectivity index (χ2n) is 7.09.